The van der Waals surface area contributed by atoms with E-state index in [9.17, 15) is 25.9 Å². The third-order valence-corrected chi connectivity index (χ3v) is 4.15. The van der Waals surface area contributed by atoms with Gasteiger partial charge in [0, 0.05) is 11.1 Å². The van der Waals surface area contributed by atoms with Crippen LogP contribution in [0.5, 0.6) is 0 Å². The first-order valence-corrected chi connectivity index (χ1v) is 7.66. The van der Waals surface area contributed by atoms with Crippen molar-refractivity contribution in [2.24, 2.45) is 0 Å². The third-order valence-electron chi connectivity index (χ3n) is 2.51. The van der Waals surface area contributed by atoms with E-state index in [1.54, 1.807) is 0 Å². The molecule has 0 aliphatic heterocycles. The molecule has 0 heterocycles. The van der Waals surface area contributed by atoms with Crippen LogP contribution in [0.3, 0.4) is 0 Å². The Hall–Kier alpha value is -0.680. The molecule has 2 aromatic carbocycles. The summed E-state index contributed by atoms with van der Waals surface area (Å²) < 4.78 is 65.4. The summed E-state index contributed by atoms with van der Waals surface area (Å²) in [6, 6.07) is 5.27. The molecular formula is C10H7NNaO6S2-. The molecule has 0 bridgehead atoms. The zero-order chi connectivity index (χ0) is 14.4. The van der Waals surface area contributed by atoms with Crippen molar-refractivity contribution in [3.05, 3.63) is 30.3 Å². The number of nitrogen functional groups attached to an aromatic ring is 1. The van der Waals surface area contributed by atoms with Crippen LogP contribution < -0.4 is 35.3 Å². The molecule has 0 radical (unpaired) electrons. The molecule has 2 rings (SSSR count). The maximum atomic E-state index is 10.9. The molecule has 102 valence electrons. The second kappa shape index (κ2) is 5.60. The quantitative estimate of drug-likeness (QED) is 0.358. The van der Waals surface area contributed by atoms with Crippen LogP contribution in [0.1, 0.15) is 0 Å². The molecule has 0 saturated carbocycles. The second-order valence-corrected chi connectivity index (χ2v) is 6.56. The van der Waals surface area contributed by atoms with Crippen LogP contribution in [0.4, 0.5) is 5.69 Å². The minimum Gasteiger partial charge on any atom is -0.744 e. The van der Waals surface area contributed by atoms with E-state index in [0.717, 1.165) is 24.3 Å². The number of fused-ring (bicyclic) bond motifs is 1. The van der Waals surface area contributed by atoms with Gasteiger partial charge in [0.25, 0.3) is 0 Å². The van der Waals surface area contributed by atoms with Gasteiger partial charge in [-0.2, -0.15) is 0 Å². The normalized spacial score (nSPS) is 12.1. The first-order chi connectivity index (χ1) is 8.59. The number of rotatable bonds is 2. The third kappa shape index (κ3) is 3.50. The van der Waals surface area contributed by atoms with E-state index in [2.05, 4.69) is 0 Å². The molecule has 0 amide bonds. The molecule has 0 saturated heterocycles. The Balaban J connectivity index is 0.00000200. The summed E-state index contributed by atoms with van der Waals surface area (Å²) in [4.78, 5) is -1.11. The summed E-state index contributed by atoms with van der Waals surface area (Å²) in [5, 5.41) is 0.436. The van der Waals surface area contributed by atoms with Crippen molar-refractivity contribution >= 4 is 36.7 Å². The molecule has 2 aromatic rings. The smallest absolute Gasteiger partial charge is 0.744 e. The van der Waals surface area contributed by atoms with Gasteiger partial charge in [0.1, 0.15) is 20.2 Å². The Bertz CT molecular complexity index is 871. The maximum absolute atomic E-state index is 10.9. The SMILES string of the molecule is Nc1cc(S(=O)(=O)[O-])cc2cc(S(=O)(=O)[O-])ccc12.[Na+]. The molecule has 10 heteroatoms. The molecule has 0 aromatic heterocycles. The van der Waals surface area contributed by atoms with E-state index in [4.69, 9.17) is 5.73 Å². The van der Waals surface area contributed by atoms with Gasteiger partial charge >= 0.3 is 29.6 Å². The van der Waals surface area contributed by atoms with Crippen LogP contribution in [0.25, 0.3) is 10.8 Å². The Labute approximate surface area is 137 Å². The van der Waals surface area contributed by atoms with Gasteiger partial charge in [-0.1, -0.05) is 6.07 Å². The average molecular weight is 324 g/mol. The fourth-order valence-corrected chi connectivity index (χ4v) is 2.70. The molecule has 2 N–H and O–H groups in total. The second-order valence-electron chi connectivity index (χ2n) is 3.80. The van der Waals surface area contributed by atoms with Crippen molar-refractivity contribution in [2.75, 3.05) is 5.73 Å². The van der Waals surface area contributed by atoms with Gasteiger partial charge in [0.15, 0.2) is 0 Å². The van der Waals surface area contributed by atoms with Gasteiger partial charge < -0.3 is 14.8 Å². The summed E-state index contributed by atoms with van der Waals surface area (Å²) in [5.74, 6) is 0. The van der Waals surface area contributed by atoms with Crippen molar-refractivity contribution in [2.45, 2.75) is 9.79 Å². The molecule has 0 spiro atoms. The van der Waals surface area contributed by atoms with Crippen LogP contribution in [0, 0.1) is 0 Å². The van der Waals surface area contributed by atoms with Crippen LogP contribution in [-0.2, 0) is 20.2 Å². The Kier molecular flexibility index (Phi) is 4.87. The van der Waals surface area contributed by atoms with Gasteiger partial charge in [0.2, 0.25) is 0 Å². The number of nitrogens with two attached hydrogens (primary N) is 1. The number of hydrogen-bond acceptors (Lipinski definition) is 7. The van der Waals surface area contributed by atoms with Gasteiger partial charge in [-0.15, -0.1) is 0 Å². The first kappa shape index (κ1) is 17.4. The van der Waals surface area contributed by atoms with Crippen molar-refractivity contribution in [3.8, 4) is 0 Å². The predicted molar refractivity (Wildman–Crippen MR) is 64.3 cm³/mol. The topological polar surface area (TPSA) is 140 Å². The zero-order valence-corrected chi connectivity index (χ0v) is 13.9. The van der Waals surface area contributed by atoms with Crippen LogP contribution in [-0.4, -0.2) is 25.9 Å². The Morgan fingerprint density at radius 3 is 1.85 bits per heavy atom. The average Bonchev–Trinajstić information content (AvgIpc) is 2.25. The summed E-state index contributed by atoms with van der Waals surface area (Å²) >= 11 is 0. The van der Waals surface area contributed by atoms with E-state index < -0.39 is 30.0 Å². The Morgan fingerprint density at radius 1 is 0.850 bits per heavy atom. The van der Waals surface area contributed by atoms with E-state index in [1.165, 1.54) is 6.07 Å². The van der Waals surface area contributed by atoms with Crippen LogP contribution in [0.15, 0.2) is 40.1 Å². The van der Waals surface area contributed by atoms with E-state index in [0.29, 0.717) is 5.39 Å². The van der Waals surface area contributed by atoms with Gasteiger partial charge in [-0.3, -0.25) is 0 Å². The van der Waals surface area contributed by atoms with Gasteiger partial charge in [-0.25, -0.2) is 16.8 Å². The number of anilines is 1. The van der Waals surface area contributed by atoms with E-state index in [-0.39, 0.29) is 40.6 Å². The van der Waals surface area contributed by atoms with Crippen molar-refractivity contribution < 1.29 is 55.5 Å². The standard InChI is InChI=1S/C10H9NO6S2.Na/c11-10-5-8(19(15,16)17)4-6-3-7(18(12,13)14)1-2-9(6)10;/h1-5H,11H2,(H,12,13,14)(H,15,16,17);/q;+1/p-2. The fourth-order valence-electron chi connectivity index (χ4n) is 1.65. The molecule has 0 unspecified atom stereocenters. The Morgan fingerprint density at radius 2 is 1.35 bits per heavy atom. The molecule has 0 atom stereocenters. The molecule has 0 aliphatic carbocycles. The molecule has 7 nitrogen and oxygen atoms in total. The predicted octanol–water partition coefficient (Wildman–Crippen LogP) is -2.77. The van der Waals surface area contributed by atoms with Crippen molar-refractivity contribution in [1.29, 1.82) is 0 Å². The minimum absolute atomic E-state index is 0. The number of benzene rings is 2. The van der Waals surface area contributed by atoms with Gasteiger partial charge in [0.05, 0.1) is 9.79 Å². The summed E-state index contributed by atoms with van der Waals surface area (Å²) in [7, 11) is -9.40. The maximum Gasteiger partial charge on any atom is 1.00 e. The molecule has 20 heavy (non-hydrogen) atoms. The monoisotopic (exact) mass is 324 g/mol. The van der Waals surface area contributed by atoms with Crippen molar-refractivity contribution in [3.63, 3.8) is 0 Å². The molecular weight excluding hydrogens is 317 g/mol. The van der Waals surface area contributed by atoms with Crippen molar-refractivity contribution in [1.82, 2.24) is 0 Å². The summed E-state index contributed by atoms with van der Waals surface area (Å²) in [5.41, 5.74) is 5.58. The van der Waals surface area contributed by atoms with Crippen LogP contribution in [0.2, 0.25) is 0 Å². The zero-order valence-electron chi connectivity index (χ0n) is 10.2. The first-order valence-electron chi connectivity index (χ1n) is 4.84. The van der Waals surface area contributed by atoms with E-state index >= 15 is 0 Å². The van der Waals surface area contributed by atoms with Crippen LogP contribution >= 0.6 is 0 Å². The summed E-state index contributed by atoms with van der Waals surface area (Å²) in [6.45, 7) is 0. The van der Waals surface area contributed by atoms with Gasteiger partial charge in [-0.05, 0) is 29.7 Å². The minimum atomic E-state index is -4.72. The molecule has 0 fully saturated rings. The fraction of sp³-hybridized carbons (Fsp3) is 0. The van der Waals surface area contributed by atoms with E-state index in [1.807, 2.05) is 0 Å². The largest absolute Gasteiger partial charge is 1.00 e. The summed E-state index contributed by atoms with van der Waals surface area (Å²) in [6.07, 6.45) is 0. The number of hydrogen-bond donors (Lipinski definition) is 1. The molecule has 0 aliphatic rings.